The van der Waals surface area contributed by atoms with Crippen molar-refractivity contribution in [2.24, 2.45) is 5.92 Å². The Morgan fingerprint density at radius 2 is 2.12 bits per heavy atom. The van der Waals surface area contributed by atoms with Gasteiger partial charge in [-0.1, -0.05) is 20.8 Å². The van der Waals surface area contributed by atoms with E-state index in [0.717, 1.165) is 32.4 Å². The van der Waals surface area contributed by atoms with Crippen LogP contribution in [0.1, 0.15) is 47.0 Å². The third-order valence-corrected chi connectivity index (χ3v) is 3.23. The normalized spacial score (nSPS) is 23.2. The first-order valence-corrected chi connectivity index (χ1v) is 6.60. The van der Waals surface area contributed by atoms with Gasteiger partial charge >= 0.3 is 0 Å². The number of rotatable bonds is 6. The summed E-state index contributed by atoms with van der Waals surface area (Å²) in [5.41, 5.74) is 0. The van der Waals surface area contributed by atoms with E-state index in [-0.39, 0.29) is 6.04 Å². The summed E-state index contributed by atoms with van der Waals surface area (Å²) in [6.07, 6.45) is 3.17. The number of nitrogens with zero attached hydrogens (tertiary/aromatic N) is 1. The number of hydrogen-bond acceptors (Lipinski definition) is 2. The molecule has 1 aliphatic rings. The SMILES string of the molecule is CCCNC1CCN(C(C)CC(C)C)C1=O. The van der Waals surface area contributed by atoms with Crippen LogP contribution in [0.4, 0.5) is 0 Å². The standard InChI is InChI=1S/C13H26N2O/c1-5-7-14-12-6-8-15(13(12)16)11(4)9-10(2)3/h10-12,14H,5-9H2,1-4H3. The summed E-state index contributed by atoms with van der Waals surface area (Å²) < 4.78 is 0. The molecule has 2 unspecified atom stereocenters. The predicted molar refractivity (Wildman–Crippen MR) is 67.3 cm³/mol. The molecule has 0 radical (unpaired) electrons. The topological polar surface area (TPSA) is 32.3 Å². The van der Waals surface area contributed by atoms with Gasteiger partial charge in [0, 0.05) is 12.6 Å². The molecule has 1 fully saturated rings. The third kappa shape index (κ3) is 3.48. The van der Waals surface area contributed by atoms with Crippen LogP contribution in [0.25, 0.3) is 0 Å². The maximum atomic E-state index is 12.1. The Bertz CT molecular complexity index is 228. The van der Waals surface area contributed by atoms with Crippen LogP contribution in [0.5, 0.6) is 0 Å². The van der Waals surface area contributed by atoms with Crippen LogP contribution in [0, 0.1) is 5.92 Å². The van der Waals surface area contributed by atoms with E-state index in [9.17, 15) is 4.79 Å². The molecule has 3 nitrogen and oxygen atoms in total. The van der Waals surface area contributed by atoms with E-state index < -0.39 is 0 Å². The monoisotopic (exact) mass is 226 g/mol. The molecule has 1 aliphatic heterocycles. The smallest absolute Gasteiger partial charge is 0.240 e. The first kappa shape index (κ1) is 13.5. The predicted octanol–water partition coefficient (Wildman–Crippen LogP) is 2.02. The van der Waals surface area contributed by atoms with E-state index in [4.69, 9.17) is 0 Å². The highest BCUT2D eigenvalue weighted by atomic mass is 16.2. The van der Waals surface area contributed by atoms with Gasteiger partial charge in [0.2, 0.25) is 5.91 Å². The zero-order valence-corrected chi connectivity index (χ0v) is 11.1. The van der Waals surface area contributed by atoms with Crippen molar-refractivity contribution in [1.82, 2.24) is 10.2 Å². The van der Waals surface area contributed by atoms with Gasteiger partial charge < -0.3 is 10.2 Å². The van der Waals surface area contributed by atoms with Crippen LogP contribution in [-0.2, 0) is 4.79 Å². The second-order valence-corrected chi connectivity index (χ2v) is 5.31. The van der Waals surface area contributed by atoms with Crippen LogP contribution < -0.4 is 5.32 Å². The average molecular weight is 226 g/mol. The summed E-state index contributed by atoms with van der Waals surface area (Å²) in [4.78, 5) is 14.1. The molecule has 94 valence electrons. The molecular weight excluding hydrogens is 200 g/mol. The summed E-state index contributed by atoms with van der Waals surface area (Å²) in [6, 6.07) is 0.468. The van der Waals surface area contributed by atoms with Gasteiger partial charge in [0.25, 0.3) is 0 Å². The Morgan fingerprint density at radius 1 is 1.44 bits per heavy atom. The van der Waals surface area contributed by atoms with E-state index >= 15 is 0 Å². The molecule has 0 aromatic heterocycles. The van der Waals surface area contributed by atoms with Crippen molar-refractivity contribution >= 4 is 5.91 Å². The molecule has 1 heterocycles. The lowest BCUT2D eigenvalue weighted by atomic mass is 10.0. The van der Waals surface area contributed by atoms with Gasteiger partial charge in [-0.25, -0.2) is 0 Å². The van der Waals surface area contributed by atoms with Gasteiger partial charge in [0.15, 0.2) is 0 Å². The lowest BCUT2D eigenvalue weighted by molar-refractivity contribution is -0.131. The fourth-order valence-corrected chi connectivity index (χ4v) is 2.46. The highest BCUT2D eigenvalue weighted by molar-refractivity contribution is 5.84. The van der Waals surface area contributed by atoms with Gasteiger partial charge in [0.1, 0.15) is 0 Å². The molecule has 1 N–H and O–H groups in total. The average Bonchev–Trinajstić information content (AvgIpc) is 2.56. The maximum absolute atomic E-state index is 12.1. The minimum absolute atomic E-state index is 0.0783. The number of hydrogen-bond donors (Lipinski definition) is 1. The molecule has 1 saturated heterocycles. The quantitative estimate of drug-likeness (QED) is 0.751. The Labute approximate surface area is 99.6 Å². The number of carbonyl (C=O) groups excluding carboxylic acids is 1. The highest BCUT2D eigenvalue weighted by Crippen LogP contribution is 2.19. The van der Waals surface area contributed by atoms with E-state index in [1.54, 1.807) is 0 Å². The van der Waals surface area contributed by atoms with Crippen LogP contribution in [0.2, 0.25) is 0 Å². The van der Waals surface area contributed by atoms with Gasteiger partial charge in [-0.05, 0) is 38.6 Å². The molecular formula is C13H26N2O. The number of carbonyl (C=O) groups is 1. The molecule has 0 saturated carbocycles. The largest absolute Gasteiger partial charge is 0.339 e. The first-order valence-electron chi connectivity index (χ1n) is 6.60. The van der Waals surface area contributed by atoms with Gasteiger partial charge in [-0.3, -0.25) is 4.79 Å². The minimum Gasteiger partial charge on any atom is -0.339 e. The van der Waals surface area contributed by atoms with Crippen molar-refractivity contribution in [3.8, 4) is 0 Å². The Balaban J connectivity index is 2.43. The van der Waals surface area contributed by atoms with Crippen molar-refractivity contribution in [2.45, 2.75) is 59.0 Å². The van der Waals surface area contributed by atoms with Crippen molar-refractivity contribution in [1.29, 1.82) is 0 Å². The number of amides is 1. The number of likely N-dealkylation sites (tertiary alicyclic amines) is 1. The first-order chi connectivity index (χ1) is 7.56. The molecule has 0 spiro atoms. The van der Waals surface area contributed by atoms with Crippen molar-refractivity contribution in [3.63, 3.8) is 0 Å². The van der Waals surface area contributed by atoms with E-state index in [2.05, 4.69) is 33.0 Å². The van der Waals surface area contributed by atoms with E-state index in [0.29, 0.717) is 17.9 Å². The summed E-state index contributed by atoms with van der Waals surface area (Å²) in [6.45, 7) is 10.6. The fourth-order valence-electron chi connectivity index (χ4n) is 2.46. The highest BCUT2D eigenvalue weighted by Gasteiger charge is 2.33. The summed E-state index contributed by atoms with van der Waals surface area (Å²) in [5, 5.41) is 3.33. The lowest BCUT2D eigenvalue weighted by Crippen LogP contribution is -2.42. The molecule has 0 bridgehead atoms. The van der Waals surface area contributed by atoms with Crippen molar-refractivity contribution in [3.05, 3.63) is 0 Å². The molecule has 3 heteroatoms. The molecule has 0 aromatic rings. The molecule has 16 heavy (non-hydrogen) atoms. The Morgan fingerprint density at radius 3 is 2.69 bits per heavy atom. The van der Waals surface area contributed by atoms with Gasteiger partial charge in [-0.2, -0.15) is 0 Å². The Kier molecular flexibility index (Phi) is 5.26. The zero-order valence-electron chi connectivity index (χ0n) is 11.1. The molecule has 1 amide bonds. The second kappa shape index (κ2) is 6.24. The molecule has 1 rings (SSSR count). The van der Waals surface area contributed by atoms with Gasteiger partial charge in [-0.15, -0.1) is 0 Å². The van der Waals surface area contributed by atoms with E-state index in [1.165, 1.54) is 0 Å². The maximum Gasteiger partial charge on any atom is 0.240 e. The number of nitrogens with one attached hydrogen (secondary N) is 1. The molecule has 2 atom stereocenters. The lowest BCUT2D eigenvalue weighted by Gasteiger charge is -2.26. The zero-order chi connectivity index (χ0) is 12.1. The van der Waals surface area contributed by atoms with Gasteiger partial charge in [0.05, 0.1) is 6.04 Å². The molecule has 0 aliphatic carbocycles. The molecule has 0 aromatic carbocycles. The van der Waals surface area contributed by atoms with Crippen LogP contribution in [0.3, 0.4) is 0 Å². The summed E-state index contributed by atoms with van der Waals surface area (Å²) >= 11 is 0. The summed E-state index contributed by atoms with van der Waals surface area (Å²) in [7, 11) is 0. The van der Waals surface area contributed by atoms with Crippen LogP contribution in [0.15, 0.2) is 0 Å². The van der Waals surface area contributed by atoms with Crippen LogP contribution >= 0.6 is 0 Å². The van der Waals surface area contributed by atoms with Crippen molar-refractivity contribution in [2.75, 3.05) is 13.1 Å². The Hall–Kier alpha value is -0.570. The third-order valence-electron chi connectivity index (χ3n) is 3.23. The minimum atomic E-state index is 0.0783. The summed E-state index contributed by atoms with van der Waals surface area (Å²) in [5.74, 6) is 0.965. The van der Waals surface area contributed by atoms with E-state index in [1.807, 2.05) is 4.90 Å². The fraction of sp³-hybridized carbons (Fsp3) is 0.923. The van der Waals surface area contributed by atoms with Crippen molar-refractivity contribution < 1.29 is 4.79 Å². The second-order valence-electron chi connectivity index (χ2n) is 5.31. The van der Waals surface area contributed by atoms with Crippen LogP contribution in [-0.4, -0.2) is 36.0 Å².